The lowest BCUT2D eigenvalue weighted by molar-refractivity contribution is -0.119. The van der Waals surface area contributed by atoms with Crippen LogP contribution in [0.15, 0.2) is 24.3 Å². The zero-order valence-electron chi connectivity index (χ0n) is 11.5. The van der Waals surface area contributed by atoms with Crippen molar-refractivity contribution in [3.63, 3.8) is 0 Å². The van der Waals surface area contributed by atoms with Crippen molar-refractivity contribution in [2.24, 2.45) is 5.73 Å². The van der Waals surface area contributed by atoms with E-state index in [0.29, 0.717) is 6.54 Å². The van der Waals surface area contributed by atoms with Crippen LogP contribution >= 0.6 is 0 Å². The molecule has 1 aromatic carbocycles. The first-order valence-corrected chi connectivity index (χ1v) is 6.57. The van der Waals surface area contributed by atoms with E-state index in [9.17, 15) is 4.79 Å². The number of primary amides is 1. The summed E-state index contributed by atoms with van der Waals surface area (Å²) in [6, 6.07) is 8.05. The Bertz CT molecular complexity index is 450. The molecule has 0 saturated heterocycles. The summed E-state index contributed by atoms with van der Waals surface area (Å²) in [5, 5.41) is 0. The second-order valence-electron chi connectivity index (χ2n) is 4.91. The molecule has 19 heavy (non-hydrogen) atoms. The number of benzene rings is 1. The van der Waals surface area contributed by atoms with E-state index in [1.165, 1.54) is 0 Å². The highest BCUT2D eigenvalue weighted by Gasteiger charge is 2.25. The highest BCUT2D eigenvalue weighted by molar-refractivity contribution is 5.75. The van der Waals surface area contributed by atoms with Crippen LogP contribution < -0.4 is 15.4 Å². The van der Waals surface area contributed by atoms with E-state index >= 15 is 0 Å². The third kappa shape index (κ3) is 3.38. The van der Waals surface area contributed by atoms with Gasteiger partial charge in [0.2, 0.25) is 5.91 Å². The van der Waals surface area contributed by atoms with Gasteiger partial charge in [0.05, 0.1) is 18.8 Å². The molecule has 5 heteroatoms. The normalized spacial score (nSPS) is 18.1. The van der Waals surface area contributed by atoms with Crippen LogP contribution in [-0.2, 0) is 4.79 Å². The Hall–Kier alpha value is -1.75. The monoisotopic (exact) mass is 263 g/mol. The van der Waals surface area contributed by atoms with Crippen LogP contribution in [0, 0.1) is 0 Å². The zero-order valence-corrected chi connectivity index (χ0v) is 11.5. The van der Waals surface area contributed by atoms with Crippen LogP contribution in [0.2, 0.25) is 0 Å². The second-order valence-corrected chi connectivity index (χ2v) is 4.91. The van der Waals surface area contributed by atoms with Gasteiger partial charge in [0.25, 0.3) is 0 Å². The predicted molar refractivity (Wildman–Crippen MR) is 75.4 cm³/mol. The minimum absolute atomic E-state index is 0.0548. The first-order valence-electron chi connectivity index (χ1n) is 6.57. The number of carbonyl (C=O) groups is 1. The third-order valence-electron chi connectivity index (χ3n) is 3.25. The smallest absolute Gasteiger partial charge is 0.231 e. The van der Waals surface area contributed by atoms with Crippen molar-refractivity contribution >= 4 is 11.6 Å². The minimum Gasteiger partial charge on any atom is -0.485 e. The second kappa shape index (κ2) is 5.93. The molecule has 1 aromatic rings. The molecule has 0 fully saturated rings. The molecule has 2 rings (SSSR count). The largest absolute Gasteiger partial charge is 0.485 e. The Morgan fingerprint density at radius 1 is 1.53 bits per heavy atom. The van der Waals surface area contributed by atoms with E-state index in [4.69, 9.17) is 10.5 Å². The maximum atomic E-state index is 10.9. The molecular weight excluding hydrogens is 242 g/mol. The van der Waals surface area contributed by atoms with E-state index in [-0.39, 0.29) is 18.6 Å². The number of hydrogen-bond donors (Lipinski definition) is 1. The van der Waals surface area contributed by atoms with Crippen molar-refractivity contribution in [3.8, 4) is 5.75 Å². The Kier molecular flexibility index (Phi) is 4.27. The van der Waals surface area contributed by atoms with Gasteiger partial charge in [-0.25, -0.2) is 0 Å². The Labute approximate surface area is 113 Å². The summed E-state index contributed by atoms with van der Waals surface area (Å²) in [6.07, 6.45) is 0.0548. The molecule has 1 heterocycles. The predicted octanol–water partition coefficient (Wildman–Crippen LogP) is 0.691. The minimum atomic E-state index is -0.314. The summed E-state index contributed by atoms with van der Waals surface area (Å²) in [7, 11) is 1.88. The van der Waals surface area contributed by atoms with Gasteiger partial charge in [0.15, 0.2) is 0 Å². The summed E-state index contributed by atoms with van der Waals surface area (Å²) in [6.45, 7) is 4.85. The van der Waals surface area contributed by atoms with Gasteiger partial charge in [-0.1, -0.05) is 12.1 Å². The van der Waals surface area contributed by atoms with Gasteiger partial charge >= 0.3 is 0 Å². The van der Waals surface area contributed by atoms with Crippen LogP contribution in [0.5, 0.6) is 5.75 Å². The average molecular weight is 263 g/mol. The Morgan fingerprint density at radius 3 is 2.95 bits per heavy atom. The molecule has 0 unspecified atom stereocenters. The first-order chi connectivity index (χ1) is 9.10. The topological polar surface area (TPSA) is 58.8 Å². The highest BCUT2D eigenvalue weighted by Crippen LogP contribution is 2.32. The summed E-state index contributed by atoms with van der Waals surface area (Å²) < 4.78 is 5.98. The van der Waals surface area contributed by atoms with Crippen molar-refractivity contribution in [2.45, 2.75) is 13.0 Å². The number of hydrogen-bond acceptors (Lipinski definition) is 4. The molecule has 1 aliphatic rings. The number of carbonyl (C=O) groups excluding carboxylic acids is 1. The van der Waals surface area contributed by atoms with Gasteiger partial charge in [-0.2, -0.15) is 0 Å². The van der Waals surface area contributed by atoms with Gasteiger partial charge in [-0.3, -0.25) is 9.69 Å². The summed E-state index contributed by atoms with van der Waals surface area (Å²) in [4.78, 5) is 15.1. The molecule has 0 spiro atoms. The first kappa shape index (κ1) is 13.7. The van der Waals surface area contributed by atoms with Crippen LogP contribution in [-0.4, -0.2) is 50.1 Å². The number of anilines is 1. The van der Waals surface area contributed by atoms with Crippen LogP contribution in [0.1, 0.15) is 6.92 Å². The van der Waals surface area contributed by atoms with Gasteiger partial charge in [-0.05, 0) is 26.1 Å². The number of nitrogens with zero attached hydrogens (tertiary/aromatic N) is 2. The number of rotatable bonds is 5. The van der Waals surface area contributed by atoms with E-state index in [1.807, 2.05) is 30.1 Å². The lowest BCUT2D eigenvalue weighted by Crippen LogP contribution is -2.46. The van der Waals surface area contributed by atoms with Crippen molar-refractivity contribution in [3.05, 3.63) is 24.3 Å². The molecule has 5 nitrogen and oxygen atoms in total. The van der Waals surface area contributed by atoms with Gasteiger partial charge in [0.1, 0.15) is 11.9 Å². The zero-order chi connectivity index (χ0) is 13.8. The average Bonchev–Trinajstić information content (AvgIpc) is 2.36. The molecule has 1 amide bonds. The van der Waals surface area contributed by atoms with Gasteiger partial charge < -0.3 is 15.4 Å². The number of para-hydroxylation sites is 2. The number of nitrogens with two attached hydrogens (primary N) is 1. The van der Waals surface area contributed by atoms with E-state index in [0.717, 1.165) is 24.5 Å². The third-order valence-corrected chi connectivity index (χ3v) is 3.25. The van der Waals surface area contributed by atoms with Crippen molar-refractivity contribution in [2.75, 3.05) is 38.1 Å². The molecule has 0 saturated carbocycles. The maximum Gasteiger partial charge on any atom is 0.231 e. The van der Waals surface area contributed by atoms with Crippen molar-refractivity contribution < 1.29 is 9.53 Å². The highest BCUT2D eigenvalue weighted by atomic mass is 16.5. The molecule has 104 valence electrons. The number of amides is 1. The number of fused-ring (bicyclic) bond motifs is 1. The van der Waals surface area contributed by atoms with E-state index in [1.54, 1.807) is 0 Å². The fraction of sp³-hybridized carbons (Fsp3) is 0.500. The van der Waals surface area contributed by atoms with E-state index in [2.05, 4.69) is 17.9 Å². The van der Waals surface area contributed by atoms with Crippen LogP contribution in [0.25, 0.3) is 0 Å². The van der Waals surface area contributed by atoms with Gasteiger partial charge in [0, 0.05) is 13.1 Å². The van der Waals surface area contributed by atoms with Crippen molar-refractivity contribution in [1.29, 1.82) is 0 Å². The Morgan fingerprint density at radius 2 is 2.26 bits per heavy atom. The van der Waals surface area contributed by atoms with E-state index < -0.39 is 0 Å². The van der Waals surface area contributed by atoms with Gasteiger partial charge in [-0.15, -0.1) is 0 Å². The molecule has 0 aromatic heterocycles. The number of ether oxygens (including phenoxy) is 1. The maximum absolute atomic E-state index is 10.9. The molecule has 0 aliphatic carbocycles. The summed E-state index contributed by atoms with van der Waals surface area (Å²) in [5.74, 6) is 0.596. The molecule has 2 N–H and O–H groups in total. The molecule has 0 bridgehead atoms. The fourth-order valence-corrected chi connectivity index (χ4v) is 2.45. The quantitative estimate of drug-likeness (QED) is 0.849. The SMILES string of the molecule is CCN1C[C@@H](CN(C)CC(N)=O)Oc2ccccc21. The molecule has 1 atom stereocenters. The Balaban J connectivity index is 2.04. The summed E-state index contributed by atoms with van der Waals surface area (Å²) in [5.41, 5.74) is 6.33. The van der Waals surface area contributed by atoms with Crippen molar-refractivity contribution in [1.82, 2.24) is 4.90 Å². The molecular formula is C14H21N3O2. The lowest BCUT2D eigenvalue weighted by Gasteiger charge is -2.37. The molecule has 1 aliphatic heterocycles. The molecule has 0 radical (unpaired) electrons. The lowest BCUT2D eigenvalue weighted by atomic mass is 10.2. The number of likely N-dealkylation sites (N-methyl/N-ethyl adjacent to an activating group) is 2. The summed E-state index contributed by atoms with van der Waals surface area (Å²) >= 11 is 0. The fourth-order valence-electron chi connectivity index (χ4n) is 2.45. The van der Waals surface area contributed by atoms with Crippen LogP contribution in [0.4, 0.5) is 5.69 Å². The standard InChI is InChI=1S/C14H21N3O2/c1-3-17-9-11(8-16(2)10-14(15)18)19-13-7-5-4-6-12(13)17/h4-7,11H,3,8-10H2,1-2H3,(H2,15,18)/t11-/m1/s1. The van der Waals surface area contributed by atoms with Crippen LogP contribution in [0.3, 0.4) is 0 Å².